The summed E-state index contributed by atoms with van der Waals surface area (Å²) in [6.07, 6.45) is 3.07. The molecular weight excluding hydrogens is 222 g/mol. The molecule has 0 radical (unpaired) electrons. The fourth-order valence-electron chi connectivity index (χ4n) is 2.14. The molecule has 0 N–H and O–H groups in total. The molecule has 0 unspecified atom stereocenters. The van der Waals surface area contributed by atoms with Crippen molar-refractivity contribution in [3.05, 3.63) is 34.9 Å². The predicted octanol–water partition coefficient (Wildman–Crippen LogP) is 2.75. The number of hydrogen-bond acceptors (Lipinski definition) is 2. The first-order valence-corrected chi connectivity index (χ1v) is 6.08. The van der Waals surface area contributed by atoms with Crippen molar-refractivity contribution in [1.82, 2.24) is 4.90 Å². The summed E-state index contributed by atoms with van der Waals surface area (Å²) in [6, 6.07) is 7.98. The molecule has 0 saturated carbocycles. The van der Waals surface area contributed by atoms with Gasteiger partial charge in [0.25, 0.3) is 0 Å². The van der Waals surface area contributed by atoms with Crippen LogP contribution in [0.25, 0.3) is 0 Å². The lowest BCUT2D eigenvalue weighted by molar-refractivity contribution is -0.112. The fraction of sp³-hybridized carbons (Fsp3) is 0.462. The predicted molar refractivity (Wildman–Crippen MR) is 65.5 cm³/mol. The van der Waals surface area contributed by atoms with E-state index < -0.39 is 0 Å². The van der Waals surface area contributed by atoms with E-state index in [0.29, 0.717) is 0 Å². The van der Waals surface area contributed by atoms with Crippen LogP contribution in [0.3, 0.4) is 0 Å². The Morgan fingerprint density at radius 2 is 2.12 bits per heavy atom. The first-order chi connectivity index (χ1) is 7.78. The van der Waals surface area contributed by atoms with E-state index in [0.717, 1.165) is 43.8 Å². The zero-order valence-corrected chi connectivity index (χ0v) is 9.99. The van der Waals surface area contributed by atoms with Crippen molar-refractivity contribution in [2.24, 2.45) is 5.92 Å². The van der Waals surface area contributed by atoms with Crippen LogP contribution in [0.4, 0.5) is 0 Å². The third kappa shape index (κ3) is 3.06. The van der Waals surface area contributed by atoms with E-state index in [9.17, 15) is 4.79 Å². The molecule has 0 aromatic heterocycles. The van der Waals surface area contributed by atoms with E-state index in [1.54, 1.807) is 0 Å². The number of aldehydes is 1. The number of carbonyl (C=O) groups is 1. The highest BCUT2D eigenvalue weighted by Crippen LogP contribution is 2.18. The minimum Gasteiger partial charge on any atom is -0.303 e. The number of rotatable bonds is 3. The van der Waals surface area contributed by atoms with Crippen LogP contribution in [0.1, 0.15) is 18.4 Å². The zero-order chi connectivity index (χ0) is 11.4. The van der Waals surface area contributed by atoms with Gasteiger partial charge in [-0.2, -0.15) is 0 Å². The van der Waals surface area contributed by atoms with Crippen molar-refractivity contribution in [3.63, 3.8) is 0 Å². The molecule has 0 aliphatic carbocycles. The van der Waals surface area contributed by atoms with Crippen molar-refractivity contribution in [1.29, 1.82) is 0 Å². The van der Waals surface area contributed by atoms with Crippen molar-refractivity contribution < 1.29 is 4.79 Å². The van der Waals surface area contributed by atoms with Gasteiger partial charge < -0.3 is 4.79 Å². The molecule has 0 atom stereocenters. The monoisotopic (exact) mass is 237 g/mol. The Balaban J connectivity index is 1.89. The summed E-state index contributed by atoms with van der Waals surface area (Å²) in [5, 5.41) is 0.792. The van der Waals surface area contributed by atoms with Gasteiger partial charge in [0.1, 0.15) is 6.29 Å². The lowest BCUT2D eigenvalue weighted by Crippen LogP contribution is -2.33. The zero-order valence-electron chi connectivity index (χ0n) is 9.23. The maximum absolute atomic E-state index is 10.6. The average Bonchev–Trinajstić information content (AvgIpc) is 2.30. The Morgan fingerprint density at radius 1 is 1.38 bits per heavy atom. The molecule has 86 valence electrons. The van der Waals surface area contributed by atoms with E-state index in [2.05, 4.69) is 11.0 Å². The first kappa shape index (κ1) is 11.6. The molecule has 2 nitrogen and oxygen atoms in total. The van der Waals surface area contributed by atoms with Gasteiger partial charge in [-0.15, -0.1) is 0 Å². The van der Waals surface area contributed by atoms with Gasteiger partial charge >= 0.3 is 0 Å². The Hall–Kier alpha value is -0.860. The molecular formula is C13H16ClNO. The number of hydrogen-bond donors (Lipinski definition) is 0. The van der Waals surface area contributed by atoms with Crippen molar-refractivity contribution in [2.75, 3.05) is 13.1 Å². The second-order valence-corrected chi connectivity index (χ2v) is 4.82. The van der Waals surface area contributed by atoms with E-state index >= 15 is 0 Å². The molecule has 1 saturated heterocycles. The normalized spacial score (nSPS) is 18.6. The standard InChI is InChI=1S/C13H16ClNO/c14-13-3-1-2-12(8-13)9-15-6-4-11(10-16)5-7-15/h1-3,8,10-11H,4-7,9H2. The molecule has 0 amide bonds. The van der Waals surface area contributed by atoms with E-state index in [4.69, 9.17) is 11.6 Å². The largest absolute Gasteiger partial charge is 0.303 e. The average molecular weight is 238 g/mol. The quantitative estimate of drug-likeness (QED) is 0.754. The van der Waals surface area contributed by atoms with Gasteiger partial charge in [-0.1, -0.05) is 23.7 Å². The van der Waals surface area contributed by atoms with Crippen molar-refractivity contribution in [2.45, 2.75) is 19.4 Å². The Bertz CT molecular complexity index is 359. The number of benzene rings is 1. The smallest absolute Gasteiger partial charge is 0.123 e. The van der Waals surface area contributed by atoms with Gasteiger partial charge in [0.15, 0.2) is 0 Å². The van der Waals surface area contributed by atoms with Crippen LogP contribution in [-0.4, -0.2) is 24.3 Å². The highest BCUT2D eigenvalue weighted by molar-refractivity contribution is 6.30. The number of likely N-dealkylation sites (tertiary alicyclic amines) is 1. The van der Waals surface area contributed by atoms with Crippen LogP contribution in [0.15, 0.2) is 24.3 Å². The molecule has 1 aliphatic heterocycles. The lowest BCUT2D eigenvalue weighted by Gasteiger charge is -2.29. The number of nitrogens with zero attached hydrogens (tertiary/aromatic N) is 1. The van der Waals surface area contributed by atoms with Crippen LogP contribution in [0, 0.1) is 5.92 Å². The topological polar surface area (TPSA) is 20.3 Å². The summed E-state index contributed by atoms with van der Waals surface area (Å²) in [6.45, 7) is 2.96. The van der Waals surface area contributed by atoms with Gasteiger partial charge in [0.2, 0.25) is 0 Å². The summed E-state index contributed by atoms with van der Waals surface area (Å²) < 4.78 is 0. The minimum atomic E-state index is 0.274. The maximum atomic E-state index is 10.6. The fourth-order valence-corrected chi connectivity index (χ4v) is 2.35. The molecule has 0 spiro atoms. The highest BCUT2D eigenvalue weighted by Gasteiger charge is 2.18. The van der Waals surface area contributed by atoms with Gasteiger partial charge in [-0.3, -0.25) is 4.90 Å². The maximum Gasteiger partial charge on any atom is 0.123 e. The lowest BCUT2D eigenvalue weighted by atomic mass is 9.98. The molecule has 1 aliphatic rings. The molecule has 0 bridgehead atoms. The minimum absolute atomic E-state index is 0.274. The van der Waals surface area contributed by atoms with Crippen molar-refractivity contribution >= 4 is 17.9 Å². The Kier molecular flexibility index (Phi) is 3.97. The van der Waals surface area contributed by atoms with Gasteiger partial charge in [-0.05, 0) is 43.6 Å². The first-order valence-electron chi connectivity index (χ1n) is 5.70. The molecule has 1 aromatic rings. The number of halogens is 1. The molecule has 2 rings (SSSR count). The summed E-state index contributed by atoms with van der Waals surface area (Å²) in [5.74, 6) is 0.274. The summed E-state index contributed by atoms with van der Waals surface area (Å²) in [5.41, 5.74) is 1.25. The molecule has 1 heterocycles. The van der Waals surface area contributed by atoms with Crippen LogP contribution >= 0.6 is 11.6 Å². The van der Waals surface area contributed by atoms with E-state index in [-0.39, 0.29) is 5.92 Å². The second kappa shape index (κ2) is 5.46. The van der Waals surface area contributed by atoms with Gasteiger partial charge in [0.05, 0.1) is 0 Å². The van der Waals surface area contributed by atoms with Crippen LogP contribution in [0.2, 0.25) is 5.02 Å². The Morgan fingerprint density at radius 3 is 2.75 bits per heavy atom. The SMILES string of the molecule is O=CC1CCN(Cc2cccc(Cl)c2)CC1. The highest BCUT2D eigenvalue weighted by atomic mass is 35.5. The summed E-state index contributed by atoms with van der Waals surface area (Å²) in [7, 11) is 0. The summed E-state index contributed by atoms with van der Waals surface area (Å²) >= 11 is 5.94. The summed E-state index contributed by atoms with van der Waals surface area (Å²) in [4.78, 5) is 13.0. The second-order valence-electron chi connectivity index (χ2n) is 4.38. The van der Waals surface area contributed by atoms with Crippen molar-refractivity contribution in [3.8, 4) is 0 Å². The number of piperidine rings is 1. The third-order valence-corrected chi connectivity index (χ3v) is 3.35. The molecule has 1 aromatic carbocycles. The molecule has 16 heavy (non-hydrogen) atoms. The molecule has 3 heteroatoms. The van der Waals surface area contributed by atoms with Crippen LogP contribution < -0.4 is 0 Å². The number of carbonyl (C=O) groups excluding carboxylic acids is 1. The van der Waals surface area contributed by atoms with Crippen LogP contribution in [0.5, 0.6) is 0 Å². The third-order valence-electron chi connectivity index (χ3n) is 3.12. The van der Waals surface area contributed by atoms with E-state index in [1.807, 2.05) is 18.2 Å². The molecule has 1 fully saturated rings. The van der Waals surface area contributed by atoms with Crippen LogP contribution in [-0.2, 0) is 11.3 Å². The van der Waals surface area contributed by atoms with E-state index in [1.165, 1.54) is 5.56 Å². The van der Waals surface area contributed by atoms with Gasteiger partial charge in [-0.25, -0.2) is 0 Å². The Labute approximate surface area is 101 Å². The van der Waals surface area contributed by atoms with Gasteiger partial charge in [0, 0.05) is 17.5 Å².